The molecule has 0 amide bonds. The maximum Gasteiger partial charge on any atom is 0.0659 e. The van der Waals surface area contributed by atoms with Crippen molar-refractivity contribution in [2.75, 3.05) is 0 Å². The first-order valence-electron chi connectivity index (χ1n) is 13.7. The van der Waals surface area contributed by atoms with Gasteiger partial charge in [0.15, 0.2) is 0 Å². The Hall–Kier alpha value is -4.18. The number of hydrogen-bond acceptors (Lipinski definition) is 2. The molecule has 6 rings (SSSR count). The van der Waals surface area contributed by atoms with Gasteiger partial charge in [0.05, 0.1) is 22.8 Å². The molecular weight excluding hydrogens is 464 g/mol. The molecule has 4 aromatic rings. The molecule has 5 heterocycles. The Labute approximate surface area is 225 Å². The summed E-state index contributed by atoms with van der Waals surface area (Å²) in [4.78, 5) is 16.4. The van der Waals surface area contributed by atoms with E-state index in [9.17, 15) is 0 Å². The van der Waals surface area contributed by atoms with Crippen LogP contribution in [0.4, 0.5) is 0 Å². The second kappa shape index (κ2) is 11.9. The number of aromatic amines is 2. The van der Waals surface area contributed by atoms with Crippen LogP contribution in [0.5, 0.6) is 0 Å². The summed E-state index contributed by atoms with van der Waals surface area (Å²) in [5.74, 6) is 0.904. The van der Waals surface area contributed by atoms with E-state index in [1.807, 2.05) is 42.5 Å². The molecule has 0 radical (unpaired) electrons. The third-order valence-corrected chi connectivity index (χ3v) is 6.64. The van der Waals surface area contributed by atoms with Crippen LogP contribution < -0.4 is 0 Å². The first-order valence-corrected chi connectivity index (χ1v) is 13.7. The lowest BCUT2D eigenvalue weighted by Crippen LogP contribution is -1.85. The zero-order chi connectivity index (χ0) is 26.3. The Kier molecular flexibility index (Phi) is 7.98. The molecule has 0 aliphatic carbocycles. The molecule has 8 bridgehead atoms. The van der Waals surface area contributed by atoms with Crippen LogP contribution in [0.3, 0.4) is 0 Å². The first-order chi connectivity index (χ1) is 18.6. The maximum absolute atomic E-state index is 4.76. The molecule has 0 saturated heterocycles. The van der Waals surface area contributed by atoms with Crippen molar-refractivity contribution in [1.29, 1.82) is 0 Å². The van der Waals surface area contributed by atoms with Crippen LogP contribution in [0.1, 0.15) is 69.2 Å². The number of aromatic nitrogens is 4. The van der Waals surface area contributed by atoms with E-state index in [1.54, 1.807) is 0 Å². The smallest absolute Gasteiger partial charge is 0.0659 e. The predicted octanol–water partition coefficient (Wildman–Crippen LogP) is 9.55. The standard InChI is InChI=1S/C26H18N4.C8H18/c1-2-4-17(5-3-1)25-15-24-14-22-9-8-20(28-22)12-18-6-7-19(27-18)13-21-10-11-23(29-21)16-26(25)30-24;1-4-5-6-7-8(2)3/h1-16,28,30H;8H,4-7H2,1-3H3. The molecule has 0 spiro atoms. The van der Waals surface area contributed by atoms with Crippen molar-refractivity contribution in [3.8, 4) is 11.1 Å². The number of fused-ring (bicyclic) bond motifs is 8. The van der Waals surface area contributed by atoms with Gasteiger partial charge in [0, 0.05) is 27.6 Å². The highest BCUT2D eigenvalue weighted by Crippen LogP contribution is 2.27. The van der Waals surface area contributed by atoms with Crippen molar-refractivity contribution in [1.82, 2.24) is 19.9 Å². The molecule has 2 N–H and O–H groups in total. The van der Waals surface area contributed by atoms with Crippen molar-refractivity contribution in [2.45, 2.75) is 46.5 Å². The van der Waals surface area contributed by atoms with Crippen molar-refractivity contribution in [3.63, 3.8) is 0 Å². The molecule has 1 aromatic carbocycles. The van der Waals surface area contributed by atoms with E-state index in [0.717, 1.165) is 56.3 Å². The quantitative estimate of drug-likeness (QED) is 0.232. The minimum atomic E-state index is 0.903. The summed E-state index contributed by atoms with van der Waals surface area (Å²) in [5.41, 5.74) is 10.1. The van der Waals surface area contributed by atoms with E-state index in [1.165, 1.54) is 31.2 Å². The Bertz CT molecular complexity index is 1600. The SMILES string of the molecule is C1=Cc2cc3ccc(cc4cc(-c5ccccc5)c(cc5nc(cc1n2)C=C5)[nH]4)[nH]3.CCCCCC(C)C. The molecule has 0 atom stereocenters. The molecule has 192 valence electrons. The van der Waals surface area contributed by atoms with Crippen LogP contribution >= 0.6 is 0 Å². The molecule has 2 aliphatic rings. The summed E-state index contributed by atoms with van der Waals surface area (Å²) >= 11 is 0. The van der Waals surface area contributed by atoms with Crippen LogP contribution in [0.2, 0.25) is 0 Å². The monoisotopic (exact) mass is 500 g/mol. The fourth-order valence-electron chi connectivity index (χ4n) is 4.68. The lowest BCUT2D eigenvalue weighted by Gasteiger charge is -2.00. The third kappa shape index (κ3) is 6.57. The summed E-state index contributed by atoms with van der Waals surface area (Å²) in [6.45, 7) is 6.83. The fraction of sp³-hybridized carbons (Fsp3) is 0.235. The minimum Gasteiger partial charge on any atom is -0.355 e. The van der Waals surface area contributed by atoms with Crippen molar-refractivity contribution >= 4 is 46.4 Å². The van der Waals surface area contributed by atoms with Gasteiger partial charge < -0.3 is 9.97 Å². The average molecular weight is 501 g/mol. The largest absolute Gasteiger partial charge is 0.355 e. The minimum absolute atomic E-state index is 0.903. The second-order valence-electron chi connectivity index (χ2n) is 10.3. The molecule has 38 heavy (non-hydrogen) atoms. The van der Waals surface area contributed by atoms with E-state index < -0.39 is 0 Å². The summed E-state index contributed by atoms with van der Waals surface area (Å²) < 4.78 is 0. The third-order valence-electron chi connectivity index (χ3n) is 6.64. The average Bonchev–Trinajstić information content (AvgIpc) is 3.70. The van der Waals surface area contributed by atoms with Gasteiger partial charge in [0.25, 0.3) is 0 Å². The topological polar surface area (TPSA) is 57.4 Å². The number of unbranched alkanes of at least 4 members (excludes halogenated alkanes) is 2. The molecule has 4 heteroatoms. The maximum atomic E-state index is 4.76. The molecule has 4 nitrogen and oxygen atoms in total. The Morgan fingerprint density at radius 3 is 1.92 bits per heavy atom. The van der Waals surface area contributed by atoms with Crippen molar-refractivity contribution < 1.29 is 0 Å². The Morgan fingerprint density at radius 2 is 1.26 bits per heavy atom. The van der Waals surface area contributed by atoms with Gasteiger partial charge in [0.1, 0.15) is 0 Å². The highest BCUT2D eigenvalue weighted by atomic mass is 14.8. The van der Waals surface area contributed by atoms with Gasteiger partial charge in [-0.2, -0.15) is 0 Å². The second-order valence-corrected chi connectivity index (χ2v) is 10.3. The zero-order valence-electron chi connectivity index (χ0n) is 22.5. The molecule has 0 unspecified atom stereocenters. The van der Waals surface area contributed by atoms with E-state index in [-0.39, 0.29) is 0 Å². The van der Waals surface area contributed by atoms with Gasteiger partial charge in [0.2, 0.25) is 0 Å². The van der Waals surface area contributed by atoms with Gasteiger partial charge in [-0.15, -0.1) is 0 Å². The summed E-state index contributed by atoms with van der Waals surface area (Å²) in [5, 5.41) is 0. The van der Waals surface area contributed by atoms with Gasteiger partial charge in [-0.1, -0.05) is 76.8 Å². The van der Waals surface area contributed by atoms with E-state index in [2.05, 4.69) is 90.3 Å². The summed E-state index contributed by atoms with van der Waals surface area (Å²) in [6.07, 6.45) is 13.7. The Balaban J connectivity index is 0.000000323. The van der Waals surface area contributed by atoms with Crippen molar-refractivity contribution in [2.24, 2.45) is 5.92 Å². The molecule has 0 saturated carbocycles. The number of nitrogens with zero attached hydrogens (tertiary/aromatic N) is 2. The lowest BCUT2D eigenvalue weighted by molar-refractivity contribution is 0.534. The highest BCUT2D eigenvalue weighted by Gasteiger charge is 2.06. The molecule has 3 aromatic heterocycles. The number of rotatable bonds is 5. The van der Waals surface area contributed by atoms with E-state index in [0.29, 0.717) is 0 Å². The predicted molar refractivity (Wildman–Crippen MR) is 163 cm³/mol. The van der Waals surface area contributed by atoms with Crippen LogP contribution in [0.25, 0.3) is 57.5 Å². The summed E-state index contributed by atoms with van der Waals surface area (Å²) in [7, 11) is 0. The van der Waals surface area contributed by atoms with Gasteiger partial charge in [-0.3, -0.25) is 0 Å². The number of hydrogen-bond donors (Lipinski definition) is 2. The zero-order valence-corrected chi connectivity index (χ0v) is 22.5. The fourth-order valence-corrected chi connectivity index (χ4v) is 4.68. The van der Waals surface area contributed by atoms with Crippen LogP contribution in [0, 0.1) is 5.92 Å². The number of benzene rings is 1. The normalized spacial score (nSPS) is 12.0. The molecule has 0 fully saturated rings. The van der Waals surface area contributed by atoms with Gasteiger partial charge >= 0.3 is 0 Å². The van der Waals surface area contributed by atoms with Crippen molar-refractivity contribution in [3.05, 3.63) is 95.6 Å². The van der Waals surface area contributed by atoms with Gasteiger partial charge in [-0.25, -0.2) is 9.97 Å². The first kappa shape index (κ1) is 25.5. The van der Waals surface area contributed by atoms with Gasteiger partial charge in [-0.05, 0) is 78.3 Å². The van der Waals surface area contributed by atoms with Crippen LogP contribution in [-0.4, -0.2) is 19.9 Å². The number of nitrogens with one attached hydrogen (secondary N) is 2. The number of H-pyrrole nitrogens is 2. The summed E-state index contributed by atoms with van der Waals surface area (Å²) in [6, 6.07) is 25.0. The van der Waals surface area contributed by atoms with E-state index in [4.69, 9.17) is 4.98 Å². The Morgan fingerprint density at radius 1 is 0.632 bits per heavy atom. The van der Waals surface area contributed by atoms with Crippen LogP contribution in [-0.2, 0) is 0 Å². The van der Waals surface area contributed by atoms with Crippen LogP contribution in [0.15, 0.2) is 72.8 Å². The molecule has 2 aliphatic heterocycles. The molecular formula is C34H36N4. The van der Waals surface area contributed by atoms with E-state index >= 15 is 0 Å². The highest BCUT2D eigenvalue weighted by molar-refractivity contribution is 5.87. The lowest BCUT2D eigenvalue weighted by atomic mass is 10.1.